The molecule has 0 aromatic heterocycles. The summed E-state index contributed by atoms with van der Waals surface area (Å²) in [6.45, 7) is 2.66. The van der Waals surface area contributed by atoms with Crippen LogP contribution in [0.3, 0.4) is 0 Å². The van der Waals surface area contributed by atoms with Crippen molar-refractivity contribution in [1.82, 2.24) is 4.72 Å². The molecule has 0 aliphatic carbocycles. The monoisotopic (exact) mass is 266 g/mol. The van der Waals surface area contributed by atoms with E-state index in [4.69, 9.17) is 5.73 Å². The van der Waals surface area contributed by atoms with Gasteiger partial charge in [0.1, 0.15) is 0 Å². The molecule has 1 aromatic rings. The standard InChI is InChI=1S/C13H18N2O2S/c1-2-3-11-15-18(16,17)13-9-5-4-7-12(13)8-6-10-14/h4-5,7,9,15H,2-3,10-11,14H2,1H3. The summed E-state index contributed by atoms with van der Waals surface area (Å²) in [6.07, 6.45) is 1.76. The van der Waals surface area contributed by atoms with Crippen molar-refractivity contribution in [2.45, 2.75) is 24.7 Å². The van der Waals surface area contributed by atoms with Crippen LogP contribution < -0.4 is 10.5 Å². The summed E-state index contributed by atoms with van der Waals surface area (Å²) < 4.78 is 26.7. The molecule has 4 nitrogen and oxygen atoms in total. The second-order valence-electron chi connectivity index (χ2n) is 3.75. The van der Waals surface area contributed by atoms with Crippen molar-refractivity contribution in [2.24, 2.45) is 5.73 Å². The van der Waals surface area contributed by atoms with E-state index in [0.29, 0.717) is 12.1 Å². The second kappa shape index (κ2) is 7.17. The van der Waals surface area contributed by atoms with Gasteiger partial charge in [-0.1, -0.05) is 37.3 Å². The zero-order chi connectivity index (χ0) is 13.4. The summed E-state index contributed by atoms with van der Waals surface area (Å²) in [5.74, 6) is 5.45. The Hall–Kier alpha value is -1.35. The fourth-order valence-corrected chi connectivity index (χ4v) is 2.65. The number of rotatable bonds is 5. The highest BCUT2D eigenvalue weighted by Gasteiger charge is 2.16. The van der Waals surface area contributed by atoms with Crippen LogP contribution >= 0.6 is 0 Å². The first-order valence-electron chi connectivity index (χ1n) is 5.89. The first-order valence-corrected chi connectivity index (χ1v) is 7.37. The molecule has 0 unspecified atom stereocenters. The summed E-state index contributed by atoms with van der Waals surface area (Å²) in [5, 5.41) is 0. The molecule has 3 N–H and O–H groups in total. The van der Waals surface area contributed by atoms with Gasteiger partial charge in [-0.3, -0.25) is 0 Å². The van der Waals surface area contributed by atoms with Crippen LogP contribution in [0.5, 0.6) is 0 Å². The van der Waals surface area contributed by atoms with Crippen LogP contribution in [0.2, 0.25) is 0 Å². The van der Waals surface area contributed by atoms with Crippen molar-refractivity contribution in [3.63, 3.8) is 0 Å². The minimum absolute atomic E-state index is 0.206. The summed E-state index contributed by atoms with van der Waals surface area (Å²) in [7, 11) is -3.49. The van der Waals surface area contributed by atoms with E-state index in [1.54, 1.807) is 24.3 Å². The van der Waals surface area contributed by atoms with Crippen molar-refractivity contribution in [2.75, 3.05) is 13.1 Å². The van der Waals surface area contributed by atoms with E-state index in [2.05, 4.69) is 16.6 Å². The van der Waals surface area contributed by atoms with Crippen LogP contribution in [0, 0.1) is 11.8 Å². The van der Waals surface area contributed by atoms with Crippen molar-refractivity contribution in [3.8, 4) is 11.8 Å². The van der Waals surface area contributed by atoms with E-state index in [-0.39, 0.29) is 11.4 Å². The highest BCUT2D eigenvalue weighted by Crippen LogP contribution is 2.14. The lowest BCUT2D eigenvalue weighted by molar-refractivity contribution is 0.578. The Labute approximate surface area is 109 Å². The fourth-order valence-electron chi connectivity index (χ4n) is 1.41. The van der Waals surface area contributed by atoms with Crippen molar-refractivity contribution < 1.29 is 8.42 Å². The number of hydrogen-bond acceptors (Lipinski definition) is 3. The summed E-state index contributed by atoms with van der Waals surface area (Å²) in [6, 6.07) is 6.67. The molecule has 0 aliphatic heterocycles. The molecular formula is C13H18N2O2S. The number of nitrogens with two attached hydrogens (primary N) is 1. The van der Waals surface area contributed by atoms with Gasteiger partial charge in [0.25, 0.3) is 0 Å². The number of benzene rings is 1. The average Bonchev–Trinajstić information content (AvgIpc) is 2.37. The third-order valence-electron chi connectivity index (χ3n) is 2.32. The van der Waals surface area contributed by atoms with E-state index >= 15 is 0 Å². The van der Waals surface area contributed by atoms with Crippen LogP contribution in [0.1, 0.15) is 25.3 Å². The summed E-state index contributed by atoms with van der Waals surface area (Å²) in [4.78, 5) is 0.210. The average molecular weight is 266 g/mol. The number of hydrogen-bond donors (Lipinski definition) is 2. The predicted octanol–water partition coefficient (Wildman–Crippen LogP) is 1.08. The molecule has 18 heavy (non-hydrogen) atoms. The van der Waals surface area contributed by atoms with Gasteiger partial charge >= 0.3 is 0 Å². The molecular weight excluding hydrogens is 248 g/mol. The maximum atomic E-state index is 12.1. The van der Waals surface area contributed by atoms with Gasteiger partial charge in [-0.2, -0.15) is 0 Å². The fraction of sp³-hybridized carbons (Fsp3) is 0.385. The maximum absolute atomic E-state index is 12.1. The second-order valence-corrected chi connectivity index (χ2v) is 5.49. The third-order valence-corrected chi connectivity index (χ3v) is 3.84. The predicted molar refractivity (Wildman–Crippen MR) is 72.5 cm³/mol. The first-order chi connectivity index (χ1) is 8.61. The van der Waals surface area contributed by atoms with Crippen LogP contribution in [0.4, 0.5) is 0 Å². The molecule has 0 bridgehead atoms. The van der Waals surface area contributed by atoms with Gasteiger partial charge in [0, 0.05) is 12.1 Å². The van der Waals surface area contributed by atoms with Gasteiger partial charge in [-0.05, 0) is 18.6 Å². The summed E-state index contributed by atoms with van der Waals surface area (Å²) >= 11 is 0. The van der Waals surface area contributed by atoms with E-state index in [1.165, 1.54) is 0 Å². The van der Waals surface area contributed by atoms with Gasteiger partial charge in [0.05, 0.1) is 11.4 Å². The highest BCUT2D eigenvalue weighted by atomic mass is 32.2. The minimum atomic E-state index is -3.49. The van der Waals surface area contributed by atoms with Gasteiger partial charge in [0.15, 0.2) is 0 Å². The van der Waals surface area contributed by atoms with Crippen LogP contribution in [0.15, 0.2) is 29.2 Å². The van der Waals surface area contributed by atoms with E-state index in [1.807, 2.05) is 6.92 Å². The van der Waals surface area contributed by atoms with E-state index in [0.717, 1.165) is 12.8 Å². The minimum Gasteiger partial charge on any atom is -0.320 e. The normalized spacial score (nSPS) is 10.8. The van der Waals surface area contributed by atoms with Crippen LogP contribution in [0.25, 0.3) is 0 Å². The molecule has 5 heteroatoms. The van der Waals surface area contributed by atoms with E-state index in [9.17, 15) is 8.42 Å². The zero-order valence-corrected chi connectivity index (χ0v) is 11.3. The molecule has 0 amide bonds. The Kier molecular flexibility index (Phi) is 5.86. The highest BCUT2D eigenvalue weighted by molar-refractivity contribution is 7.89. The topological polar surface area (TPSA) is 72.2 Å². The smallest absolute Gasteiger partial charge is 0.241 e. The molecule has 1 rings (SSSR count). The lowest BCUT2D eigenvalue weighted by Crippen LogP contribution is -2.25. The molecule has 0 heterocycles. The maximum Gasteiger partial charge on any atom is 0.241 e. The van der Waals surface area contributed by atoms with Gasteiger partial charge in [-0.15, -0.1) is 0 Å². The van der Waals surface area contributed by atoms with Crippen molar-refractivity contribution in [3.05, 3.63) is 29.8 Å². The van der Waals surface area contributed by atoms with Gasteiger partial charge < -0.3 is 5.73 Å². The molecule has 0 atom stereocenters. The lowest BCUT2D eigenvalue weighted by atomic mass is 10.2. The summed E-state index contributed by atoms with van der Waals surface area (Å²) in [5.41, 5.74) is 5.77. The Bertz CT molecular complexity index is 542. The van der Waals surface area contributed by atoms with Crippen LogP contribution in [-0.4, -0.2) is 21.5 Å². The number of sulfonamides is 1. The lowest BCUT2D eigenvalue weighted by Gasteiger charge is -2.07. The van der Waals surface area contributed by atoms with E-state index < -0.39 is 10.0 Å². The Morgan fingerprint density at radius 1 is 1.33 bits per heavy atom. The molecule has 1 aromatic carbocycles. The molecule has 0 fully saturated rings. The molecule has 0 saturated carbocycles. The van der Waals surface area contributed by atoms with Crippen molar-refractivity contribution in [1.29, 1.82) is 0 Å². The zero-order valence-electron chi connectivity index (χ0n) is 10.4. The molecule has 98 valence electrons. The Morgan fingerprint density at radius 3 is 2.72 bits per heavy atom. The Morgan fingerprint density at radius 2 is 2.06 bits per heavy atom. The van der Waals surface area contributed by atoms with Gasteiger partial charge in [-0.25, -0.2) is 13.1 Å². The number of nitrogens with one attached hydrogen (secondary N) is 1. The largest absolute Gasteiger partial charge is 0.320 e. The van der Waals surface area contributed by atoms with Gasteiger partial charge in [0.2, 0.25) is 10.0 Å². The molecule has 0 spiro atoms. The first kappa shape index (κ1) is 14.7. The third kappa shape index (κ3) is 4.15. The number of unbranched alkanes of at least 4 members (excludes halogenated alkanes) is 1. The van der Waals surface area contributed by atoms with Crippen molar-refractivity contribution >= 4 is 10.0 Å². The SMILES string of the molecule is CCCCNS(=O)(=O)c1ccccc1C#CCN. The van der Waals surface area contributed by atoms with Crippen LogP contribution in [-0.2, 0) is 10.0 Å². The quantitative estimate of drug-likeness (QED) is 0.618. The Balaban J connectivity index is 3.01. The molecule has 0 saturated heterocycles. The molecule has 0 radical (unpaired) electrons. The molecule has 0 aliphatic rings.